The third-order valence-electron chi connectivity index (χ3n) is 2.72. The molecular formula is C12H10N2O5S. The lowest BCUT2D eigenvalue weighted by molar-refractivity contribution is 0.174. The third kappa shape index (κ3) is 2.21. The molecule has 2 aromatic rings. The topological polar surface area (TPSA) is 97.5 Å². The van der Waals surface area contributed by atoms with Crippen LogP contribution in [0.4, 0.5) is 5.69 Å². The lowest BCUT2D eigenvalue weighted by Gasteiger charge is -2.07. The van der Waals surface area contributed by atoms with Gasteiger partial charge < -0.3 is 14.5 Å². The number of pyridine rings is 1. The van der Waals surface area contributed by atoms with E-state index >= 15 is 0 Å². The maximum Gasteiger partial charge on any atom is 0.272 e. The van der Waals surface area contributed by atoms with Gasteiger partial charge in [0.2, 0.25) is 6.79 Å². The first-order valence-corrected chi connectivity index (χ1v) is 7.15. The van der Waals surface area contributed by atoms with E-state index in [-0.39, 0.29) is 17.4 Å². The van der Waals surface area contributed by atoms with E-state index in [0.717, 1.165) is 0 Å². The Morgan fingerprint density at radius 2 is 1.95 bits per heavy atom. The highest BCUT2D eigenvalue weighted by Crippen LogP contribution is 2.34. The van der Waals surface area contributed by atoms with Crippen molar-refractivity contribution in [2.24, 2.45) is 0 Å². The van der Waals surface area contributed by atoms with Gasteiger partial charge >= 0.3 is 0 Å². The van der Waals surface area contributed by atoms with E-state index < -0.39 is 15.6 Å². The van der Waals surface area contributed by atoms with Crippen LogP contribution < -0.4 is 19.8 Å². The van der Waals surface area contributed by atoms with Gasteiger partial charge in [0, 0.05) is 12.3 Å². The van der Waals surface area contributed by atoms with Crippen LogP contribution in [-0.4, -0.2) is 20.2 Å². The summed E-state index contributed by atoms with van der Waals surface area (Å²) in [6, 6.07) is 7.14. The number of rotatable bonds is 3. The SMILES string of the molecule is O=c1[nH]cccc1NS(=O)(=O)c1ccc2c(c1)OCO2. The fourth-order valence-electron chi connectivity index (χ4n) is 1.75. The Labute approximate surface area is 114 Å². The van der Waals surface area contributed by atoms with E-state index in [9.17, 15) is 13.2 Å². The molecule has 104 valence electrons. The molecule has 1 aromatic carbocycles. The molecule has 7 nitrogen and oxygen atoms in total. The van der Waals surface area contributed by atoms with Crippen LogP contribution in [0.1, 0.15) is 0 Å². The molecule has 0 spiro atoms. The Morgan fingerprint density at radius 3 is 2.75 bits per heavy atom. The van der Waals surface area contributed by atoms with Gasteiger partial charge in [-0.15, -0.1) is 0 Å². The molecule has 3 rings (SSSR count). The first kappa shape index (κ1) is 12.5. The van der Waals surface area contributed by atoms with E-state index in [4.69, 9.17) is 9.47 Å². The van der Waals surface area contributed by atoms with E-state index in [1.54, 1.807) is 0 Å². The third-order valence-corrected chi connectivity index (χ3v) is 4.08. The molecule has 0 aliphatic carbocycles. The van der Waals surface area contributed by atoms with Crippen LogP contribution >= 0.6 is 0 Å². The fraction of sp³-hybridized carbons (Fsp3) is 0.0833. The van der Waals surface area contributed by atoms with Crippen LogP contribution in [0.2, 0.25) is 0 Å². The summed E-state index contributed by atoms with van der Waals surface area (Å²) in [6.45, 7) is 0.0601. The molecule has 1 aliphatic rings. The first-order valence-electron chi connectivity index (χ1n) is 5.66. The number of hydrogen-bond acceptors (Lipinski definition) is 5. The van der Waals surface area contributed by atoms with E-state index in [1.165, 1.54) is 36.5 Å². The molecule has 0 amide bonds. The van der Waals surface area contributed by atoms with Crippen molar-refractivity contribution in [3.63, 3.8) is 0 Å². The first-order chi connectivity index (χ1) is 9.56. The van der Waals surface area contributed by atoms with Crippen molar-refractivity contribution in [1.82, 2.24) is 4.98 Å². The summed E-state index contributed by atoms with van der Waals surface area (Å²) in [5.74, 6) is 0.844. The van der Waals surface area contributed by atoms with E-state index in [2.05, 4.69) is 9.71 Å². The molecule has 0 unspecified atom stereocenters. The van der Waals surface area contributed by atoms with Gasteiger partial charge in [-0.2, -0.15) is 0 Å². The lowest BCUT2D eigenvalue weighted by Crippen LogP contribution is -2.19. The minimum Gasteiger partial charge on any atom is -0.454 e. The van der Waals surface area contributed by atoms with Gasteiger partial charge in [-0.25, -0.2) is 8.42 Å². The highest BCUT2D eigenvalue weighted by atomic mass is 32.2. The quantitative estimate of drug-likeness (QED) is 0.876. The largest absolute Gasteiger partial charge is 0.454 e. The Bertz CT molecular complexity index is 813. The molecule has 0 saturated heterocycles. The summed E-state index contributed by atoms with van der Waals surface area (Å²) >= 11 is 0. The molecule has 20 heavy (non-hydrogen) atoms. The van der Waals surface area contributed by atoms with E-state index in [1.807, 2.05) is 0 Å². The van der Waals surface area contributed by atoms with Crippen LogP contribution in [0, 0.1) is 0 Å². The summed E-state index contributed by atoms with van der Waals surface area (Å²) in [4.78, 5) is 13.9. The Morgan fingerprint density at radius 1 is 1.15 bits per heavy atom. The normalized spacial score (nSPS) is 13.2. The van der Waals surface area contributed by atoms with Crippen molar-refractivity contribution >= 4 is 15.7 Å². The Kier molecular flexibility index (Phi) is 2.87. The number of aromatic nitrogens is 1. The minimum absolute atomic E-state index is 0.00926. The fourth-order valence-corrected chi connectivity index (χ4v) is 2.83. The number of aromatic amines is 1. The zero-order valence-electron chi connectivity index (χ0n) is 10.1. The molecule has 2 N–H and O–H groups in total. The van der Waals surface area contributed by atoms with Gasteiger partial charge in [-0.05, 0) is 24.3 Å². The van der Waals surface area contributed by atoms with Crippen molar-refractivity contribution in [3.8, 4) is 11.5 Å². The van der Waals surface area contributed by atoms with Crippen LogP contribution in [-0.2, 0) is 10.0 Å². The molecule has 0 radical (unpaired) electrons. The number of anilines is 1. The summed E-state index contributed by atoms with van der Waals surface area (Å²) in [5.41, 5.74) is -0.568. The second-order valence-electron chi connectivity index (χ2n) is 4.03. The van der Waals surface area contributed by atoms with Crippen molar-refractivity contribution in [2.75, 3.05) is 11.5 Å². The van der Waals surface area contributed by atoms with Gasteiger partial charge in [0.15, 0.2) is 11.5 Å². The average molecular weight is 294 g/mol. The highest BCUT2D eigenvalue weighted by Gasteiger charge is 2.21. The minimum atomic E-state index is -3.86. The number of H-pyrrole nitrogens is 1. The van der Waals surface area contributed by atoms with Crippen molar-refractivity contribution in [1.29, 1.82) is 0 Å². The monoisotopic (exact) mass is 294 g/mol. The van der Waals surface area contributed by atoms with Gasteiger partial charge in [0.25, 0.3) is 15.6 Å². The molecule has 0 fully saturated rings. The summed E-state index contributed by atoms with van der Waals surface area (Å²) in [5, 5.41) is 0. The average Bonchev–Trinajstić information content (AvgIpc) is 2.88. The molecule has 0 bridgehead atoms. The van der Waals surface area contributed by atoms with Gasteiger partial charge in [-0.3, -0.25) is 9.52 Å². The summed E-state index contributed by atoms with van der Waals surface area (Å²) in [7, 11) is -3.86. The Hall–Kier alpha value is -2.48. The molecule has 8 heteroatoms. The number of nitrogens with one attached hydrogen (secondary N) is 2. The maximum atomic E-state index is 12.2. The second-order valence-corrected chi connectivity index (χ2v) is 5.72. The van der Waals surface area contributed by atoms with Gasteiger partial charge in [0.05, 0.1) is 4.90 Å². The van der Waals surface area contributed by atoms with Gasteiger partial charge in [0.1, 0.15) is 5.69 Å². The molecule has 1 aliphatic heterocycles. The number of fused-ring (bicyclic) bond motifs is 1. The van der Waals surface area contributed by atoms with Crippen LogP contribution in [0.5, 0.6) is 11.5 Å². The van der Waals surface area contributed by atoms with Crippen LogP contribution in [0.3, 0.4) is 0 Å². The Balaban J connectivity index is 1.97. The predicted octanol–water partition coefficient (Wildman–Crippen LogP) is 0.904. The standard InChI is InChI=1S/C12H10N2O5S/c15-12-9(2-1-5-13-12)14-20(16,17)8-3-4-10-11(6-8)19-7-18-10/h1-6,14H,7H2,(H,13,15). The predicted molar refractivity (Wildman–Crippen MR) is 70.4 cm³/mol. The number of sulfonamides is 1. The van der Waals surface area contributed by atoms with Gasteiger partial charge in [-0.1, -0.05) is 0 Å². The zero-order chi connectivity index (χ0) is 14.2. The van der Waals surface area contributed by atoms with Crippen molar-refractivity contribution in [3.05, 3.63) is 46.9 Å². The second kappa shape index (κ2) is 4.57. The number of hydrogen-bond donors (Lipinski definition) is 2. The molecular weight excluding hydrogens is 284 g/mol. The molecule has 2 heterocycles. The van der Waals surface area contributed by atoms with Crippen molar-refractivity contribution in [2.45, 2.75) is 4.90 Å². The highest BCUT2D eigenvalue weighted by molar-refractivity contribution is 7.92. The molecule has 1 aromatic heterocycles. The smallest absolute Gasteiger partial charge is 0.272 e. The summed E-state index contributed by atoms with van der Waals surface area (Å²) < 4.78 is 36.8. The summed E-state index contributed by atoms with van der Waals surface area (Å²) in [6.07, 6.45) is 1.42. The number of ether oxygens (including phenoxy) is 2. The molecule has 0 saturated carbocycles. The lowest BCUT2D eigenvalue weighted by atomic mass is 10.3. The van der Waals surface area contributed by atoms with Crippen molar-refractivity contribution < 1.29 is 17.9 Å². The molecule has 0 atom stereocenters. The van der Waals surface area contributed by atoms with Crippen LogP contribution in [0.15, 0.2) is 46.2 Å². The maximum absolute atomic E-state index is 12.2. The number of benzene rings is 1. The van der Waals surface area contributed by atoms with Crippen LogP contribution in [0.25, 0.3) is 0 Å². The zero-order valence-corrected chi connectivity index (χ0v) is 10.9. The van der Waals surface area contributed by atoms with E-state index in [0.29, 0.717) is 11.5 Å².